The van der Waals surface area contributed by atoms with Crippen LogP contribution in [0.5, 0.6) is 0 Å². The minimum atomic E-state index is 0.940. The van der Waals surface area contributed by atoms with Crippen molar-refractivity contribution in [1.82, 2.24) is 0 Å². The summed E-state index contributed by atoms with van der Waals surface area (Å²) in [7, 11) is 0. The van der Waals surface area contributed by atoms with Crippen LogP contribution in [0.2, 0.25) is 0 Å². The second-order valence-corrected chi connectivity index (χ2v) is 4.68. The van der Waals surface area contributed by atoms with E-state index in [2.05, 4.69) is 40.5 Å². The summed E-state index contributed by atoms with van der Waals surface area (Å²) in [4.78, 5) is 1.38. The highest BCUT2D eigenvalue weighted by Gasteiger charge is 1.98. The number of nitrogens with one attached hydrogen (secondary N) is 1. The van der Waals surface area contributed by atoms with Crippen LogP contribution in [0.1, 0.15) is 10.4 Å². The highest BCUT2D eigenvalue weighted by atomic mass is 32.1. The van der Waals surface area contributed by atoms with Crippen molar-refractivity contribution < 1.29 is 0 Å². The molecule has 0 atom stereocenters. The molecule has 0 saturated heterocycles. The van der Waals surface area contributed by atoms with E-state index in [9.17, 15) is 0 Å². The van der Waals surface area contributed by atoms with Crippen LogP contribution in [0.25, 0.3) is 0 Å². The molecule has 68 valence electrons. The van der Waals surface area contributed by atoms with Crippen molar-refractivity contribution in [3.63, 3.8) is 0 Å². The van der Waals surface area contributed by atoms with Gasteiger partial charge in [0.1, 0.15) is 0 Å². The van der Waals surface area contributed by atoms with Gasteiger partial charge in [-0.2, -0.15) is 0 Å². The zero-order chi connectivity index (χ0) is 9.10. The molecular formula is C10H11NS2. The van der Waals surface area contributed by atoms with E-state index in [1.807, 2.05) is 0 Å². The summed E-state index contributed by atoms with van der Waals surface area (Å²) in [5, 5.41) is 9.84. The van der Waals surface area contributed by atoms with Crippen molar-refractivity contribution >= 4 is 28.4 Å². The molecule has 0 saturated carbocycles. The van der Waals surface area contributed by atoms with Gasteiger partial charge in [0, 0.05) is 22.5 Å². The predicted octanol–water partition coefficient (Wildman–Crippen LogP) is 3.73. The van der Waals surface area contributed by atoms with Crippen LogP contribution in [0.15, 0.2) is 28.3 Å². The van der Waals surface area contributed by atoms with Gasteiger partial charge >= 0.3 is 0 Å². The maximum Gasteiger partial charge on any atom is 0.0494 e. The summed E-state index contributed by atoms with van der Waals surface area (Å²) < 4.78 is 0. The minimum absolute atomic E-state index is 0.940. The molecule has 1 nitrogen and oxygen atoms in total. The number of hydrogen-bond donors (Lipinski definition) is 1. The van der Waals surface area contributed by atoms with Gasteiger partial charge in [-0.05, 0) is 29.3 Å². The molecule has 2 aromatic heterocycles. The molecule has 0 unspecified atom stereocenters. The maximum absolute atomic E-state index is 3.42. The molecule has 0 aromatic carbocycles. The third-order valence-electron chi connectivity index (χ3n) is 1.89. The first-order chi connectivity index (χ1) is 6.36. The third-order valence-corrected chi connectivity index (χ3v) is 3.63. The number of thiophene rings is 2. The maximum atomic E-state index is 3.42. The average molecular weight is 209 g/mol. The lowest BCUT2D eigenvalue weighted by Gasteiger charge is -2.02. The monoisotopic (exact) mass is 209 g/mol. The van der Waals surface area contributed by atoms with Crippen LogP contribution < -0.4 is 5.32 Å². The van der Waals surface area contributed by atoms with E-state index in [4.69, 9.17) is 0 Å². The number of anilines is 1. The Kier molecular flexibility index (Phi) is 2.66. The Labute approximate surface area is 86.0 Å². The van der Waals surface area contributed by atoms with Gasteiger partial charge in [-0.3, -0.25) is 0 Å². The van der Waals surface area contributed by atoms with Crippen LogP contribution in [0.4, 0.5) is 5.69 Å². The molecule has 0 amide bonds. The lowest BCUT2D eigenvalue weighted by atomic mass is 10.3. The van der Waals surface area contributed by atoms with E-state index in [1.165, 1.54) is 16.1 Å². The van der Waals surface area contributed by atoms with Crippen LogP contribution in [0.3, 0.4) is 0 Å². The van der Waals surface area contributed by atoms with Crippen LogP contribution >= 0.6 is 22.7 Å². The lowest BCUT2D eigenvalue weighted by Crippen LogP contribution is -1.96. The van der Waals surface area contributed by atoms with Gasteiger partial charge in [0.05, 0.1) is 0 Å². The number of hydrogen-bond acceptors (Lipinski definition) is 3. The fourth-order valence-electron chi connectivity index (χ4n) is 1.14. The smallest absolute Gasteiger partial charge is 0.0494 e. The Bertz CT molecular complexity index is 362. The van der Waals surface area contributed by atoms with Gasteiger partial charge < -0.3 is 5.32 Å². The third kappa shape index (κ3) is 2.11. The van der Waals surface area contributed by atoms with Gasteiger partial charge in [0.15, 0.2) is 0 Å². The first-order valence-corrected chi connectivity index (χ1v) is 5.97. The molecule has 1 N–H and O–H groups in total. The second kappa shape index (κ2) is 3.94. The molecule has 0 radical (unpaired) electrons. The van der Waals surface area contributed by atoms with Gasteiger partial charge in [0.2, 0.25) is 0 Å². The Balaban J connectivity index is 1.97. The highest BCUT2D eigenvalue weighted by molar-refractivity contribution is 7.10. The van der Waals surface area contributed by atoms with Gasteiger partial charge in [-0.15, -0.1) is 22.7 Å². The fraction of sp³-hybridized carbons (Fsp3) is 0.200. The Hall–Kier alpha value is -0.800. The molecule has 13 heavy (non-hydrogen) atoms. The molecule has 0 aliphatic carbocycles. The zero-order valence-corrected chi connectivity index (χ0v) is 9.04. The molecule has 0 aliphatic rings. The van der Waals surface area contributed by atoms with Crippen LogP contribution in [-0.2, 0) is 6.54 Å². The van der Waals surface area contributed by atoms with Gasteiger partial charge in [-0.25, -0.2) is 0 Å². The van der Waals surface area contributed by atoms with Crippen molar-refractivity contribution in [1.29, 1.82) is 0 Å². The SMILES string of the molecule is Cc1cscc1NCc1cccs1. The van der Waals surface area contributed by atoms with Gasteiger partial charge in [0.25, 0.3) is 0 Å². The lowest BCUT2D eigenvalue weighted by molar-refractivity contribution is 1.19. The topological polar surface area (TPSA) is 12.0 Å². The minimum Gasteiger partial charge on any atom is -0.379 e. The van der Waals surface area contributed by atoms with Crippen molar-refractivity contribution in [2.45, 2.75) is 13.5 Å². The van der Waals surface area contributed by atoms with E-state index in [0.29, 0.717) is 0 Å². The molecule has 0 aliphatic heterocycles. The normalized spacial score (nSPS) is 10.2. The quantitative estimate of drug-likeness (QED) is 0.812. The summed E-state index contributed by atoms with van der Waals surface area (Å²) in [5.41, 5.74) is 2.60. The summed E-state index contributed by atoms with van der Waals surface area (Å²) in [5.74, 6) is 0. The van der Waals surface area contributed by atoms with E-state index in [-0.39, 0.29) is 0 Å². The molecule has 2 rings (SSSR count). The molecule has 2 aromatic rings. The Morgan fingerprint density at radius 3 is 2.92 bits per heavy atom. The summed E-state index contributed by atoms with van der Waals surface area (Å²) >= 11 is 3.54. The van der Waals surface area contributed by atoms with Crippen LogP contribution in [0, 0.1) is 6.92 Å². The summed E-state index contributed by atoms with van der Waals surface area (Å²) in [6.45, 7) is 3.07. The molecular weight excluding hydrogens is 198 g/mol. The molecule has 0 bridgehead atoms. The van der Waals surface area contributed by atoms with Gasteiger partial charge in [-0.1, -0.05) is 6.07 Å². The van der Waals surface area contributed by atoms with Crippen LogP contribution in [-0.4, -0.2) is 0 Å². The van der Waals surface area contributed by atoms with Crippen molar-refractivity contribution in [2.24, 2.45) is 0 Å². The first-order valence-electron chi connectivity index (χ1n) is 4.15. The largest absolute Gasteiger partial charge is 0.379 e. The standard InChI is InChI=1S/C10H11NS2/c1-8-6-12-7-10(8)11-5-9-3-2-4-13-9/h2-4,6-7,11H,5H2,1H3. The summed E-state index contributed by atoms with van der Waals surface area (Å²) in [6.07, 6.45) is 0. The Morgan fingerprint density at radius 1 is 1.38 bits per heavy atom. The first kappa shape index (κ1) is 8.78. The predicted molar refractivity (Wildman–Crippen MR) is 60.7 cm³/mol. The number of rotatable bonds is 3. The molecule has 0 spiro atoms. The molecule has 2 heterocycles. The zero-order valence-electron chi connectivity index (χ0n) is 7.41. The van der Waals surface area contributed by atoms with Crippen molar-refractivity contribution in [3.05, 3.63) is 38.7 Å². The fourth-order valence-corrected chi connectivity index (χ4v) is 2.59. The van der Waals surface area contributed by atoms with E-state index >= 15 is 0 Å². The molecule has 0 fully saturated rings. The second-order valence-electron chi connectivity index (χ2n) is 2.90. The van der Waals surface area contributed by atoms with E-state index < -0.39 is 0 Å². The van der Waals surface area contributed by atoms with Crippen molar-refractivity contribution in [2.75, 3.05) is 5.32 Å². The number of aryl methyl sites for hydroxylation is 1. The highest BCUT2D eigenvalue weighted by Crippen LogP contribution is 2.20. The van der Waals surface area contributed by atoms with Crippen molar-refractivity contribution in [3.8, 4) is 0 Å². The molecule has 3 heteroatoms. The van der Waals surface area contributed by atoms with E-state index in [0.717, 1.165) is 6.54 Å². The van der Waals surface area contributed by atoms with E-state index in [1.54, 1.807) is 22.7 Å². The Morgan fingerprint density at radius 2 is 2.31 bits per heavy atom. The average Bonchev–Trinajstić information content (AvgIpc) is 2.72. The summed E-state index contributed by atoms with van der Waals surface area (Å²) in [6, 6.07) is 4.24.